The van der Waals surface area contributed by atoms with Gasteiger partial charge in [0.1, 0.15) is 5.69 Å². The smallest absolute Gasteiger partial charge is 0.267 e. The summed E-state index contributed by atoms with van der Waals surface area (Å²) in [5.41, 5.74) is 0.374. The van der Waals surface area contributed by atoms with Crippen LogP contribution in [-0.4, -0.2) is 35.7 Å². The summed E-state index contributed by atoms with van der Waals surface area (Å²) in [4.78, 5) is 11.7. The van der Waals surface area contributed by atoms with E-state index in [2.05, 4.69) is 37.2 Å². The Morgan fingerprint density at radius 3 is 2.53 bits per heavy atom. The quantitative estimate of drug-likeness (QED) is 0.756. The molecule has 1 rings (SSSR count). The van der Waals surface area contributed by atoms with Crippen LogP contribution in [0.3, 0.4) is 0 Å². The minimum atomic E-state index is -4.06. The molecule has 2 N–H and O–H groups in total. The molecule has 0 atom stereocenters. The lowest BCUT2D eigenvalue weighted by molar-refractivity contribution is 0.0948. The lowest BCUT2D eigenvalue weighted by Crippen LogP contribution is -2.30. The van der Waals surface area contributed by atoms with Crippen molar-refractivity contribution in [1.29, 1.82) is 0 Å². The van der Waals surface area contributed by atoms with Crippen LogP contribution in [0.25, 0.3) is 0 Å². The van der Waals surface area contributed by atoms with Crippen molar-refractivity contribution in [3.8, 4) is 0 Å². The van der Waals surface area contributed by atoms with Crippen molar-refractivity contribution >= 4 is 47.9 Å². The van der Waals surface area contributed by atoms with E-state index in [4.69, 9.17) is 4.55 Å². The van der Waals surface area contributed by atoms with Crippen molar-refractivity contribution in [3.63, 3.8) is 0 Å². The number of rotatable bonds is 4. The largest absolute Gasteiger partial charge is 0.350 e. The number of nitrogens with one attached hydrogen (secondary N) is 1. The highest BCUT2D eigenvalue weighted by molar-refractivity contribution is 9.13. The summed E-state index contributed by atoms with van der Waals surface area (Å²) in [5.74, 6) is -0.923. The third-order valence-electron chi connectivity index (χ3n) is 1.99. The lowest BCUT2D eigenvalue weighted by atomic mass is 10.4. The van der Waals surface area contributed by atoms with Crippen molar-refractivity contribution in [2.24, 2.45) is 7.05 Å². The first-order valence-corrected chi connectivity index (χ1v) is 7.66. The van der Waals surface area contributed by atoms with E-state index in [1.807, 2.05) is 0 Å². The number of hydrogen-bond donors (Lipinski definition) is 2. The number of carbonyl (C=O) groups excluding carboxylic acids is 1. The number of amides is 1. The minimum absolute atomic E-state index is 0.141. The fourth-order valence-corrected chi connectivity index (χ4v) is 2.29. The molecule has 0 spiro atoms. The highest BCUT2D eigenvalue weighted by Crippen LogP contribution is 2.25. The average molecular weight is 390 g/mol. The van der Waals surface area contributed by atoms with Gasteiger partial charge in [-0.15, -0.1) is 0 Å². The van der Waals surface area contributed by atoms with E-state index < -0.39 is 21.8 Å². The van der Waals surface area contributed by atoms with Gasteiger partial charge in [-0.05, 0) is 37.9 Å². The second kappa shape index (κ2) is 5.51. The first-order valence-electron chi connectivity index (χ1n) is 4.46. The Bertz CT molecular complexity index is 538. The summed E-state index contributed by atoms with van der Waals surface area (Å²) in [6.07, 6.45) is 0. The van der Waals surface area contributed by atoms with Crippen LogP contribution in [0.5, 0.6) is 0 Å². The SMILES string of the molecule is Cn1c(C(=O)NCCS(=O)(=O)O)cc(Br)c1Br. The average Bonchev–Trinajstić information content (AvgIpc) is 2.44. The molecule has 96 valence electrons. The normalized spacial score (nSPS) is 11.5. The molecule has 1 amide bonds. The Morgan fingerprint density at radius 2 is 2.12 bits per heavy atom. The van der Waals surface area contributed by atoms with Crippen molar-refractivity contribution < 1.29 is 17.8 Å². The first-order chi connectivity index (χ1) is 7.72. The van der Waals surface area contributed by atoms with Crippen LogP contribution in [0.2, 0.25) is 0 Å². The molecule has 0 aromatic carbocycles. The van der Waals surface area contributed by atoms with Gasteiger partial charge in [-0.3, -0.25) is 9.35 Å². The molecule has 0 unspecified atom stereocenters. The third kappa shape index (κ3) is 4.09. The van der Waals surface area contributed by atoms with Crippen molar-refractivity contribution in [3.05, 3.63) is 20.8 Å². The molecule has 1 aromatic rings. The van der Waals surface area contributed by atoms with E-state index in [1.54, 1.807) is 17.7 Å². The molecule has 17 heavy (non-hydrogen) atoms. The lowest BCUT2D eigenvalue weighted by Gasteiger charge is -2.05. The molecule has 1 heterocycles. The molecule has 0 saturated carbocycles. The molecule has 0 saturated heterocycles. The van der Waals surface area contributed by atoms with Crippen LogP contribution in [-0.2, 0) is 17.2 Å². The standard InChI is InChI=1S/C8H10Br2N2O4S/c1-12-6(4-5(9)7(12)10)8(13)11-2-3-17(14,15)16/h4H,2-3H2,1H3,(H,11,13)(H,14,15,16). The zero-order valence-electron chi connectivity index (χ0n) is 8.77. The minimum Gasteiger partial charge on any atom is -0.350 e. The number of nitrogens with zero attached hydrogens (tertiary/aromatic N) is 1. The van der Waals surface area contributed by atoms with E-state index in [-0.39, 0.29) is 6.54 Å². The van der Waals surface area contributed by atoms with Crippen LogP contribution in [0.4, 0.5) is 0 Å². The van der Waals surface area contributed by atoms with Crippen LogP contribution >= 0.6 is 31.9 Å². The van der Waals surface area contributed by atoms with Gasteiger partial charge in [-0.2, -0.15) is 8.42 Å². The number of hydrogen-bond acceptors (Lipinski definition) is 3. The van der Waals surface area contributed by atoms with Gasteiger partial charge in [0.15, 0.2) is 0 Å². The Labute approximate surface area is 115 Å². The van der Waals surface area contributed by atoms with E-state index >= 15 is 0 Å². The Morgan fingerprint density at radius 1 is 1.53 bits per heavy atom. The highest BCUT2D eigenvalue weighted by atomic mass is 79.9. The Kier molecular flexibility index (Phi) is 4.76. The molecule has 0 radical (unpaired) electrons. The predicted octanol–water partition coefficient (Wildman–Crippen LogP) is 1.17. The third-order valence-corrected chi connectivity index (χ3v) is 4.81. The van der Waals surface area contributed by atoms with Gasteiger partial charge in [-0.25, -0.2) is 0 Å². The molecule has 6 nitrogen and oxygen atoms in total. The number of halogens is 2. The van der Waals surface area contributed by atoms with Crippen LogP contribution in [0.15, 0.2) is 15.1 Å². The predicted molar refractivity (Wildman–Crippen MR) is 69.6 cm³/mol. The number of aromatic nitrogens is 1. The van der Waals surface area contributed by atoms with Crippen molar-refractivity contribution in [1.82, 2.24) is 9.88 Å². The maximum Gasteiger partial charge on any atom is 0.267 e. The highest BCUT2D eigenvalue weighted by Gasteiger charge is 2.15. The summed E-state index contributed by atoms with van der Waals surface area (Å²) in [6.45, 7) is -0.141. The number of carbonyl (C=O) groups is 1. The summed E-state index contributed by atoms with van der Waals surface area (Å²) < 4.78 is 32.5. The van der Waals surface area contributed by atoms with Crippen LogP contribution in [0, 0.1) is 0 Å². The Balaban J connectivity index is 2.68. The second-order valence-corrected chi connectivity index (χ2v) is 6.45. The maximum atomic E-state index is 11.7. The van der Waals surface area contributed by atoms with Gasteiger partial charge in [-0.1, -0.05) is 0 Å². The topological polar surface area (TPSA) is 88.4 Å². The van der Waals surface area contributed by atoms with Gasteiger partial charge in [0.05, 0.1) is 14.8 Å². The molecule has 0 aliphatic carbocycles. The molecular formula is C8H10Br2N2O4S. The first kappa shape index (κ1) is 14.7. The summed E-state index contributed by atoms with van der Waals surface area (Å²) in [7, 11) is -2.37. The molecule has 0 aliphatic heterocycles. The molecule has 9 heteroatoms. The van der Waals surface area contributed by atoms with Gasteiger partial charge in [0, 0.05) is 13.6 Å². The molecule has 0 aliphatic rings. The molecule has 0 fully saturated rings. The van der Waals surface area contributed by atoms with E-state index in [0.717, 1.165) is 4.47 Å². The van der Waals surface area contributed by atoms with Crippen molar-refractivity contribution in [2.75, 3.05) is 12.3 Å². The van der Waals surface area contributed by atoms with Crippen LogP contribution in [0.1, 0.15) is 10.5 Å². The van der Waals surface area contributed by atoms with Gasteiger partial charge in [0.2, 0.25) is 0 Å². The van der Waals surface area contributed by atoms with Gasteiger partial charge < -0.3 is 9.88 Å². The van der Waals surface area contributed by atoms with E-state index in [9.17, 15) is 13.2 Å². The summed E-state index contributed by atoms with van der Waals surface area (Å²) in [5, 5.41) is 2.40. The van der Waals surface area contributed by atoms with E-state index in [1.165, 1.54) is 0 Å². The van der Waals surface area contributed by atoms with Gasteiger partial charge >= 0.3 is 0 Å². The Hall–Kier alpha value is -0.380. The van der Waals surface area contributed by atoms with Crippen LogP contribution < -0.4 is 5.32 Å². The van der Waals surface area contributed by atoms with Gasteiger partial charge in [0.25, 0.3) is 16.0 Å². The van der Waals surface area contributed by atoms with Crippen molar-refractivity contribution in [2.45, 2.75) is 0 Å². The molecular weight excluding hydrogens is 380 g/mol. The van der Waals surface area contributed by atoms with E-state index in [0.29, 0.717) is 10.3 Å². The maximum absolute atomic E-state index is 11.7. The summed E-state index contributed by atoms with van der Waals surface area (Å²) >= 11 is 6.52. The fraction of sp³-hybridized carbons (Fsp3) is 0.375. The fourth-order valence-electron chi connectivity index (χ4n) is 1.14. The zero-order chi connectivity index (χ0) is 13.2. The molecule has 1 aromatic heterocycles. The zero-order valence-corrected chi connectivity index (χ0v) is 12.8. The monoisotopic (exact) mass is 388 g/mol. The molecule has 0 bridgehead atoms. The summed E-state index contributed by atoms with van der Waals surface area (Å²) in [6, 6.07) is 1.60. The second-order valence-electron chi connectivity index (χ2n) is 3.27.